The molecule has 1 aromatic heterocycles. The fourth-order valence-corrected chi connectivity index (χ4v) is 2.98. The molecule has 0 aromatic carbocycles. The minimum atomic E-state index is -1.03. The smallest absolute Gasteiger partial charge is 0.342 e. The first-order valence-corrected chi connectivity index (χ1v) is 5.82. The van der Waals surface area contributed by atoms with Gasteiger partial charge in [-0.3, -0.25) is 0 Å². The largest absolute Gasteiger partial charge is 0.609 e. The number of hydrogen-bond donors (Lipinski definition) is 0. The Kier molecular flexibility index (Phi) is 2.84. The van der Waals surface area contributed by atoms with Gasteiger partial charge in [-0.1, -0.05) is 6.08 Å². The minimum Gasteiger partial charge on any atom is -0.609 e. The third kappa shape index (κ3) is 1.81. The maximum Gasteiger partial charge on any atom is 0.342 e. The van der Waals surface area contributed by atoms with E-state index in [0.717, 1.165) is 12.8 Å². The number of hydrogen-bond acceptors (Lipinski definition) is 3. The average molecular weight is 208 g/mol. The molecule has 1 fully saturated rings. The van der Waals surface area contributed by atoms with Gasteiger partial charge >= 0.3 is 5.16 Å². The van der Waals surface area contributed by atoms with Crippen LogP contribution in [0.15, 0.2) is 36.3 Å². The number of aromatic nitrogens is 2. The summed E-state index contributed by atoms with van der Waals surface area (Å²) in [4.78, 5) is 7.99. The van der Waals surface area contributed by atoms with Gasteiger partial charge in [0.15, 0.2) is 0 Å². The fourth-order valence-electron chi connectivity index (χ4n) is 1.51. The van der Waals surface area contributed by atoms with Crippen molar-refractivity contribution in [2.24, 2.45) is 5.92 Å². The number of nitrogens with zero attached hydrogens (tertiary/aromatic N) is 2. The molecule has 1 heterocycles. The standard InChI is InChI=1S/C10H12N2OS/c1-2-8-6-9(7-8)14(13)10-11-4-3-5-12-10/h2-5,8-9H,1,6-7H2/t8-,9+,14?. The Labute approximate surface area is 86.5 Å². The second kappa shape index (κ2) is 4.11. The van der Waals surface area contributed by atoms with Gasteiger partial charge in [0.1, 0.15) is 5.25 Å². The quantitative estimate of drug-likeness (QED) is 0.430. The average Bonchev–Trinajstić information content (AvgIpc) is 2.17. The lowest BCUT2D eigenvalue weighted by molar-refractivity contribution is 0.381. The molecule has 0 N–H and O–H groups in total. The van der Waals surface area contributed by atoms with E-state index in [1.165, 1.54) is 0 Å². The van der Waals surface area contributed by atoms with Crippen LogP contribution in [0.3, 0.4) is 0 Å². The van der Waals surface area contributed by atoms with Crippen molar-refractivity contribution < 1.29 is 4.55 Å². The van der Waals surface area contributed by atoms with E-state index in [0.29, 0.717) is 11.1 Å². The summed E-state index contributed by atoms with van der Waals surface area (Å²) in [5, 5.41) is 0.681. The molecule has 1 aliphatic rings. The third-order valence-electron chi connectivity index (χ3n) is 2.49. The van der Waals surface area contributed by atoms with Crippen molar-refractivity contribution in [1.29, 1.82) is 0 Å². The molecule has 1 saturated carbocycles. The van der Waals surface area contributed by atoms with E-state index in [1.807, 2.05) is 6.08 Å². The van der Waals surface area contributed by atoms with E-state index < -0.39 is 11.2 Å². The van der Waals surface area contributed by atoms with Gasteiger partial charge in [-0.15, -0.1) is 6.58 Å². The second-order valence-corrected chi connectivity index (χ2v) is 5.04. The molecule has 14 heavy (non-hydrogen) atoms. The number of allylic oxidation sites excluding steroid dienone is 1. The van der Waals surface area contributed by atoms with Gasteiger partial charge in [0.05, 0.1) is 0 Å². The predicted molar refractivity (Wildman–Crippen MR) is 55.1 cm³/mol. The van der Waals surface area contributed by atoms with Gasteiger partial charge in [0, 0.05) is 36.4 Å². The van der Waals surface area contributed by atoms with Crippen molar-refractivity contribution in [1.82, 2.24) is 9.97 Å². The van der Waals surface area contributed by atoms with E-state index in [4.69, 9.17) is 0 Å². The number of rotatable bonds is 3. The normalized spacial score (nSPS) is 27.8. The van der Waals surface area contributed by atoms with Crippen molar-refractivity contribution in [2.45, 2.75) is 23.2 Å². The summed E-state index contributed by atoms with van der Waals surface area (Å²) < 4.78 is 11.8. The SMILES string of the molecule is C=C[C@H]1C[C@@H]([S+]([O-])c2ncccn2)C1. The zero-order chi connectivity index (χ0) is 9.97. The molecular weight excluding hydrogens is 196 g/mol. The maximum absolute atomic E-state index is 11.8. The van der Waals surface area contributed by atoms with Gasteiger partial charge in [-0.2, -0.15) is 9.97 Å². The molecule has 1 unspecified atom stereocenters. The van der Waals surface area contributed by atoms with E-state index >= 15 is 0 Å². The first kappa shape index (κ1) is 9.68. The Balaban J connectivity index is 1.97. The van der Waals surface area contributed by atoms with Crippen molar-refractivity contribution in [2.75, 3.05) is 0 Å². The van der Waals surface area contributed by atoms with Crippen LogP contribution in [0.25, 0.3) is 0 Å². The van der Waals surface area contributed by atoms with E-state index in [2.05, 4.69) is 16.5 Å². The zero-order valence-corrected chi connectivity index (χ0v) is 8.61. The lowest BCUT2D eigenvalue weighted by atomic mass is 9.85. The molecule has 1 aliphatic carbocycles. The molecule has 1 aromatic rings. The first-order chi connectivity index (χ1) is 6.81. The van der Waals surface area contributed by atoms with Crippen molar-refractivity contribution in [3.63, 3.8) is 0 Å². The Morgan fingerprint density at radius 2 is 2.07 bits per heavy atom. The summed E-state index contributed by atoms with van der Waals surface area (Å²) in [6, 6.07) is 1.73. The Morgan fingerprint density at radius 1 is 1.43 bits per heavy atom. The van der Waals surface area contributed by atoms with Crippen LogP contribution in [-0.4, -0.2) is 19.8 Å². The van der Waals surface area contributed by atoms with Crippen molar-refractivity contribution in [3.05, 3.63) is 31.1 Å². The van der Waals surface area contributed by atoms with Gasteiger partial charge in [0.25, 0.3) is 0 Å². The molecule has 0 bridgehead atoms. The Hall–Kier alpha value is -0.870. The molecule has 0 aliphatic heterocycles. The highest BCUT2D eigenvalue weighted by atomic mass is 32.2. The molecule has 2 rings (SSSR count). The minimum absolute atomic E-state index is 0.223. The molecule has 1 atom stereocenters. The van der Waals surface area contributed by atoms with E-state index in [-0.39, 0.29) is 5.25 Å². The summed E-state index contributed by atoms with van der Waals surface area (Å²) in [6.07, 6.45) is 7.09. The summed E-state index contributed by atoms with van der Waals surface area (Å²) >= 11 is -1.03. The lowest BCUT2D eigenvalue weighted by Gasteiger charge is -2.32. The van der Waals surface area contributed by atoms with Crippen LogP contribution < -0.4 is 0 Å². The first-order valence-electron chi connectivity index (χ1n) is 4.61. The highest BCUT2D eigenvalue weighted by Crippen LogP contribution is 2.35. The topological polar surface area (TPSA) is 48.8 Å². The molecule has 74 valence electrons. The van der Waals surface area contributed by atoms with Crippen LogP contribution in [-0.2, 0) is 11.2 Å². The van der Waals surface area contributed by atoms with Crippen LogP contribution in [0.1, 0.15) is 12.8 Å². The van der Waals surface area contributed by atoms with Crippen molar-refractivity contribution >= 4 is 11.2 Å². The van der Waals surface area contributed by atoms with Crippen LogP contribution in [0.2, 0.25) is 0 Å². The van der Waals surface area contributed by atoms with Crippen molar-refractivity contribution in [3.8, 4) is 0 Å². The summed E-state index contributed by atoms with van der Waals surface area (Å²) in [6.45, 7) is 3.72. The van der Waals surface area contributed by atoms with Gasteiger partial charge in [0.2, 0.25) is 0 Å². The maximum atomic E-state index is 11.8. The summed E-state index contributed by atoms with van der Waals surface area (Å²) in [5.74, 6) is 0.535. The highest BCUT2D eigenvalue weighted by Gasteiger charge is 2.38. The monoisotopic (exact) mass is 208 g/mol. The molecule has 4 heteroatoms. The van der Waals surface area contributed by atoms with Crippen LogP contribution in [0, 0.1) is 5.92 Å². The van der Waals surface area contributed by atoms with Crippen LogP contribution >= 0.6 is 0 Å². The summed E-state index contributed by atoms with van der Waals surface area (Å²) in [7, 11) is 0. The van der Waals surface area contributed by atoms with E-state index in [9.17, 15) is 4.55 Å². The molecule has 0 amide bonds. The van der Waals surface area contributed by atoms with Gasteiger partial charge in [-0.05, 0) is 12.0 Å². The van der Waals surface area contributed by atoms with Crippen LogP contribution in [0.5, 0.6) is 0 Å². The second-order valence-electron chi connectivity index (χ2n) is 3.42. The molecule has 0 spiro atoms. The molecule has 0 radical (unpaired) electrons. The lowest BCUT2D eigenvalue weighted by Crippen LogP contribution is -2.35. The zero-order valence-electron chi connectivity index (χ0n) is 7.80. The Morgan fingerprint density at radius 3 is 2.64 bits per heavy atom. The Bertz CT molecular complexity index is 311. The fraction of sp³-hybridized carbons (Fsp3) is 0.400. The molecule has 3 nitrogen and oxygen atoms in total. The summed E-state index contributed by atoms with van der Waals surface area (Å²) in [5.41, 5.74) is 0. The predicted octanol–water partition coefficient (Wildman–Crippen LogP) is 1.55. The highest BCUT2D eigenvalue weighted by molar-refractivity contribution is 7.91. The van der Waals surface area contributed by atoms with Gasteiger partial charge in [-0.25, -0.2) is 0 Å². The van der Waals surface area contributed by atoms with E-state index in [1.54, 1.807) is 18.5 Å². The third-order valence-corrected chi connectivity index (χ3v) is 4.05. The molecule has 0 saturated heterocycles. The molecular formula is C10H12N2OS. The van der Waals surface area contributed by atoms with Crippen LogP contribution in [0.4, 0.5) is 0 Å². The van der Waals surface area contributed by atoms with Gasteiger partial charge < -0.3 is 4.55 Å².